The lowest BCUT2D eigenvalue weighted by Gasteiger charge is -2.10. The summed E-state index contributed by atoms with van der Waals surface area (Å²) in [6.07, 6.45) is 0. The first-order valence-corrected chi connectivity index (χ1v) is 5.64. The highest BCUT2D eigenvalue weighted by atomic mass is 19.1. The summed E-state index contributed by atoms with van der Waals surface area (Å²) >= 11 is 0. The number of rotatable bonds is 3. The van der Waals surface area contributed by atoms with Crippen LogP contribution in [-0.4, -0.2) is 15.6 Å². The number of benzene rings is 1. The number of carboxylic acids is 1. The van der Waals surface area contributed by atoms with E-state index >= 15 is 0 Å². The van der Waals surface area contributed by atoms with Crippen molar-refractivity contribution in [3.05, 3.63) is 69.4 Å². The molecule has 0 saturated carbocycles. The molecule has 0 bridgehead atoms. The molecule has 0 saturated heterocycles. The summed E-state index contributed by atoms with van der Waals surface area (Å²) in [7, 11) is 0. The molecule has 0 fully saturated rings. The van der Waals surface area contributed by atoms with Gasteiger partial charge in [0.25, 0.3) is 5.56 Å². The zero-order valence-corrected chi connectivity index (χ0v) is 10.2. The predicted molar refractivity (Wildman–Crippen MR) is 67.9 cm³/mol. The number of carboxylic acid groups (broad SMARTS) is 1. The quantitative estimate of drug-likeness (QED) is 0.920. The Bertz CT molecular complexity index is 775. The van der Waals surface area contributed by atoms with E-state index in [9.17, 15) is 14.0 Å². The van der Waals surface area contributed by atoms with Crippen LogP contribution in [0.15, 0.2) is 41.2 Å². The predicted octanol–water partition coefficient (Wildman–Crippen LogP) is 1.61. The number of nitrogens with zero attached hydrogens (tertiary/aromatic N) is 2. The van der Waals surface area contributed by atoms with Crippen molar-refractivity contribution in [2.24, 2.45) is 0 Å². The first kappa shape index (κ1) is 13.5. The van der Waals surface area contributed by atoms with Gasteiger partial charge in [-0.05, 0) is 24.3 Å². The van der Waals surface area contributed by atoms with E-state index in [4.69, 9.17) is 10.4 Å². The van der Waals surface area contributed by atoms with Crippen molar-refractivity contribution < 1.29 is 14.3 Å². The van der Waals surface area contributed by atoms with Gasteiger partial charge in [-0.1, -0.05) is 6.07 Å². The molecule has 0 aliphatic heterocycles. The van der Waals surface area contributed by atoms with Crippen molar-refractivity contribution in [3.63, 3.8) is 0 Å². The number of hydrogen-bond acceptors (Lipinski definition) is 3. The van der Waals surface area contributed by atoms with Crippen molar-refractivity contribution in [2.75, 3.05) is 0 Å². The SMILES string of the molecule is N#Cc1ccc(F)c(Cn2c(C(=O)O)cccc2=O)c1. The van der Waals surface area contributed by atoms with Crippen LogP contribution < -0.4 is 5.56 Å². The number of halogens is 1. The van der Waals surface area contributed by atoms with Crippen LogP contribution in [-0.2, 0) is 6.54 Å². The molecule has 0 unspecified atom stereocenters. The maximum absolute atomic E-state index is 13.7. The number of hydrogen-bond donors (Lipinski definition) is 1. The van der Waals surface area contributed by atoms with Gasteiger partial charge in [0.05, 0.1) is 18.2 Å². The highest BCUT2D eigenvalue weighted by Gasteiger charge is 2.13. The average Bonchev–Trinajstić information content (AvgIpc) is 2.43. The smallest absolute Gasteiger partial charge is 0.352 e. The van der Waals surface area contributed by atoms with E-state index in [0.29, 0.717) is 0 Å². The van der Waals surface area contributed by atoms with E-state index in [1.807, 2.05) is 6.07 Å². The molecule has 100 valence electrons. The zero-order valence-electron chi connectivity index (χ0n) is 10.2. The summed E-state index contributed by atoms with van der Waals surface area (Å²) in [5.74, 6) is -1.88. The lowest BCUT2D eigenvalue weighted by atomic mass is 10.1. The van der Waals surface area contributed by atoms with Gasteiger partial charge in [-0.3, -0.25) is 9.36 Å². The van der Waals surface area contributed by atoms with Gasteiger partial charge in [0.2, 0.25) is 0 Å². The second-order valence-corrected chi connectivity index (χ2v) is 4.06. The van der Waals surface area contributed by atoms with Crippen LogP contribution in [0.4, 0.5) is 4.39 Å². The zero-order chi connectivity index (χ0) is 14.7. The first-order chi connectivity index (χ1) is 9.52. The van der Waals surface area contributed by atoms with E-state index in [0.717, 1.165) is 10.6 Å². The summed E-state index contributed by atoms with van der Waals surface area (Å²) in [4.78, 5) is 22.8. The largest absolute Gasteiger partial charge is 0.477 e. The molecule has 0 spiro atoms. The van der Waals surface area contributed by atoms with Gasteiger partial charge in [0, 0.05) is 11.6 Å². The molecule has 1 aromatic carbocycles. The van der Waals surface area contributed by atoms with Crippen molar-refractivity contribution in [1.82, 2.24) is 4.57 Å². The highest BCUT2D eigenvalue weighted by molar-refractivity contribution is 5.85. The minimum absolute atomic E-state index is 0.0832. The van der Waals surface area contributed by atoms with E-state index < -0.39 is 17.3 Å². The average molecular weight is 272 g/mol. The van der Waals surface area contributed by atoms with Gasteiger partial charge in [-0.2, -0.15) is 5.26 Å². The van der Waals surface area contributed by atoms with Crippen LogP contribution in [0.5, 0.6) is 0 Å². The third kappa shape index (κ3) is 2.57. The standard InChI is InChI=1S/C14H9FN2O3/c15-11-5-4-9(7-16)6-10(11)8-17-12(14(19)20)2-1-3-13(17)18/h1-6H,8H2,(H,19,20). The first-order valence-electron chi connectivity index (χ1n) is 5.64. The number of aromatic carboxylic acids is 1. The second kappa shape index (κ2) is 5.36. The topological polar surface area (TPSA) is 83.1 Å². The second-order valence-electron chi connectivity index (χ2n) is 4.06. The van der Waals surface area contributed by atoms with Crippen molar-refractivity contribution in [3.8, 4) is 6.07 Å². The van der Waals surface area contributed by atoms with Gasteiger partial charge >= 0.3 is 5.97 Å². The third-order valence-corrected chi connectivity index (χ3v) is 2.77. The highest BCUT2D eigenvalue weighted by Crippen LogP contribution is 2.12. The van der Waals surface area contributed by atoms with Gasteiger partial charge < -0.3 is 5.11 Å². The van der Waals surface area contributed by atoms with Gasteiger partial charge in [0.1, 0.15) is 11.5 Å². The lowest BCUT2D eigenvalue weighted by molar-refractivity contribution is 0.0684. The Kier molecular flexibility index (Phi) is 3.62. The molecule has 1 aromatic heterocycles. The minimum atomic E-state index is -1.28. The summed E-state index contributed by atoms with van der Waals surface area (Å²) in [6.45, 7) is -0.247. The Hall–Kier alpha value is -2.94. The molecule has 6 heteroatoms. The number of carbonyl (C=O) groups is 1. The number of aromatic nitrogens is 1. The van der Waals surface area contributed by atoms with E-state index in [2.05, 4.69) is 0 Å². The number of nitriles is 1. The molecule has 1 heterocycles. The molecule has 0 aliphatic carbocycles. The molecule has 20 heavy (non-hydrogen) atoms. The van der Waals surface area contributed by atoms with Gasteiger partial charge in [-0.15, -0.1) is 0 Å². The van der Waals surface area contributed by atoms with Gasteiger partial charge in [-0.25, -0.2) is 9.18 Å². The van der Waals surface area contributed by atoms with Crippen molar-refractivity contribution in [1.29, 1.82) is 5.26 Å². The summed E-state index contributed by atoms with van der Waals surface area (Å²) in [6, 6.07) is 9.35. The summed E-state index contributed by atoms with van der Waals surface area (Å²) < 4.78 is 14.6. The maximum Gasteiger partial charge on any atom is 0.352 e. The van der Waals surface area contributed by atoms with Crippen LogP contribution in [0.1, 0.15) is 21.6 Å². The van der Waals surface area contributed by atoms with Crippen LogP contribution in [0, 0.1) is 17.1 Å². The fourth-order valence-electron chi connectivity index (χ4n) is 1.81. The van der Waals surface area contributed by atoms with E-state index in [-0.39, 0.29) is 23.4 Å². The van der Waals surface area contributed by atoms with Gasteiger partial charge in [0.15, 0.2) is 0 Å². The van der Waals surface area contributed by atoms with Crippen LogP contribution in [0.3, 0.4) is 0 Å². The molecule has 0 aliphatic rings. The fourth-order valence-corrected chi connectivity index (χ4v) is 1.81. The molecule has 2 rings (SSSR count). The molecular formula is C14H9FN2O3. The van der Waals surface area contributed by atoms with Crippen molar-refractivity contribution >= 4 is 5.97 Å². The Morgan fingerprint density at radius 1 is 1.35 bits per heavy atom. The Morgan fingerprint density at radius 2 is 2.10 bits per heavy atom. The molecule has 0 radical (unpaired) electrons. The summed E-state index contributed by atoms with van der Waals surface area (Å²) in [5, 5.41) is 17.8. The fraction of sp³-hybridized carbons (Fsp3) is 0.0714. The number of pyridine rings is 1. The van der Waals surface area contributed by atoms with Crippen LogP contribution >= 0.6 is 0 Å². The molecule has 5 nitrogen and oxygen atoms in total. The minimum Gasteiger partial charge on any atom is -0.477 e. The van der Waals surface area contributed by atoms with Crippen molar-refractivity contribution in [2.45, 2.75) is 6.54 Å². The van der Waals surface area contributed by atoms with Crippen LogP contribution in [0.2, 0.25) is 0 Å². The normalized spacial score (nSPS) is 10.0. The molecule has 2 aromatic rings. The Morgan fingerprint density at radius 3 is 2.75 bits per heavy atom. The van der Waals surface area contributed by atoms with E-state index in [1.165, 1.54) is 30.3 Å². The van der Waals surface area contributed by atoms with Crippen LogP contribution in [0.25, 0.3) is 0 Å². The third-order valence-electron chi connectivity index (χ3n) is 2.77. The molecule has 0 amide bonds. The summed E-state index contributed by atoms with van der Waals surface area (Å²) in [5.41, 5.74) is -0.465. The maximum atomic E-state index is 13.7. The molecule has 1 N–H and O–H groups in total. The molecule has 0 atom stereocenters. The Balaban J connectivity index is 2.53. The molecular weight excluding hydrogens is 263 g/mol. The Labute approximate surface area is 113 Å². The van der Waals surface area contributed by atoms with E-state index in [1.54, 1.807) is 0 Å². The lowest BCUT2D eigenvalue weighted by Crippen LogP contribution is -2.25. The monoisotopic (exact) mass is 272 g/mol.